The van der Waals surface area contributed by atoms with Gasteiger partial charge in [-0.05, 0) is 36.5 Å². The molecule has 208 valence electrons. The number of imide groups is 2. The van der Waals surface area contributed by atoms with E-state index in [1.165, 1.54) is 24.3 Å². The largest absolute Gasteiger partial charge is 0.508 e. The molecule has 2 saturated heterocycles. The van der Waals surface area contributed by atoms with Crippen molar-refractivity contribution < 1.29 is 46.2 Å². The Balaban J connectivity index is 1.61. The Labute approximate surface area is 231 Å². The summed E-state index contributed by atoms with van der Waals surface area (Å²) >= 11 is 13.8. The molecule has 4 aliphatic rings. The molecule has 2 aromatic rings. The first-order chi connectivity index (χ1) is 18.8. The number of carbonyl (C=O) groups is 4. The number of amides is 4. The minimum Gasteiger partial charge on any atom is -0.508 e. The molecular formula is C26H15Cl2F5N2O5. The third kappa shape index (κ3) is 3.11. The fraction of sp³-hybridized carbons (Fsp3) is 0.308. The average molecular weight is 601 g/mol. The molecule has 40 heavy (non-hydrogen) atoms. The van der Waals surface area contributed by atoms with Gasteiger partial charge in [0.15, 0.2) is 33.0 Å². The number of rotatable bonds is 2. The lowest BCUT2D eigenvalue weighted by Gasteiger charge is -2.50. The van der Waals surface area contributed by atoms with Crippen molar-refractivity contribution in [3.8, 4) is 5.75 Å². The number of fused-ring (bicyclic) bond motifs is 4. The lowest BCUT2D eigenvalue weighted by atomic mass is 9.56. The number of carbonyl (C=O) groups excluding carboxylic acids is 4. The molecule has 2 N–H and O–H groups in total. The van der Waals surface area contributed by atoms with Crippen molar-refractivity contribution in [3.05, 3.63) is 70.6 Å². The van der Waals surface area contributed by atoms with E-state index in [0.717, 1.165) is 0 Å². The Morgan fingerprint density at radius 2 is 1.50 bits per heavy atom. The first-order valence-corrected chi connectivity index (χ1v) is 12.6. The van der Waals surface area contributed by atoms with Crippen LogP contribution >= 0.6 is 23.2 Å². The molecule has 2 aromatic carbocycles. The number of nitrogens with one attached hydrogen (secondary N) is 1. The monoisotopic (exact) mass is 600 g/mol. The Morgan fingerprint density at radius 1 is 0.875 bits per heavy atom. The fourth-order valence-electron chi connectivity index (χ4n) is 6.56. The molecule has 0 radical (unpaired) electrons. The van der Waals surface area contributed by atoms with Crippen molar-refractivity contribution >= 4 is 52.5 Å². The number of hydrogen-bond acceptors (Lipinski definition) is 5. The molecule has 4 amide bonds. The van der Waals surface area contributed by atoms with E-state index in [2.05, 4.69) is 5.32 Å². The van der Waals surface area contributed by atoms with Crippen molar-refractivity contribution in [2.24, 2.45) is 17.8 Å². The number of nitrogens with zero attached hydrogens (tertiary/aromatic N) is 1. The summed E-state index contributed by atoms with van der Waals surface area (Å²) in [6.45, 7) is 0. The molecule has 0 aromatic heterocycles. The molecule has 1 saturated carbocycles. The Kier molecular flexibility index (Phi) is 5.67. The molecule has 0 bridgehead atoms. The van der Waals surface area contributed by atoms with E-state index >= 15 is 0 Å². The van der Waals surface area contributed by atoms with Crippen LogP contribution in [0.25, 0.3) is 0 Å². The number of alkyl halides is 2. The molecule has 2 aliphatic carbocycles. The van der Waals surface area contributed by atoms with Crippen LogP contribution in [0.4, 0.5) is 27.6 Å². The first-order valence-electron chi connectivity index (χ1n) is 11.9. The first kappa shape index (κ1) is 26.7. The maximum atomic E-state index is 14.9. The van der Waals surface area contributed by atoms with Crippen LogP contribution in [0.1, 0.15) is 24.3 Å². The quantitative estimate of drug-likeness (QED) is 0.136. The highest BCUT2D eigenvalue weighted by Gasteiger charge is 2.77. The standard InChI is InChI=1S/C26H15Cl2F5N2O5/c27-25-7-12-10(4-5-11-13(12)22(38)34-21(11)37)14(8-2-1-3-9(36)6-8)26(25,28)24(40)35(23(25)39)20-18(32)16(30)15(29)17(31)19(20)33/h1-4,6,11-14,36H,5,7H2,(H,34,37,38)/t11-,12+,13-,14-,25+,26-/m0/s1. The summed E-state index contributed by atoms with van der Waals surface area (Å²) in [6.07, 6.45) is 1.00. The molecule has 14 heteroatoms. The zero-order valence-electron chi connectivity index (χ0n) is 19.8. The van der Waals surface area contributed by atoms with Crippen molar-refractivity contribution in [1.29, 1.82) is 0 Å². The van der Waals surface area contributed by atoms with Gasteiger partial charge in [0.1, 0.15) is 11.4 Å². The van der Waals surface area contributed by atoms with Gasteiger partial charge in [0.05, 0.1) is 11.8 Å². The van der Waals surface area contributed by atoms with Crippen molar-refractivity contribution in [3.63, 3.8) is 0 Å². The van der Waals surface area contributed by atoms with E-state index in [1.807, 2.05) is 0 Å². The average Bonchev–Trinajstić information content (AvgIpc) is 3.28. The fourth-order valence-corrected chi connectivity index (χ4v) is 7.49. The van der Waals surface area contributed by atoms with Gasteiger partial charge in [-0.25, -0.2) is 26.9 Å². The Bertz CT molecular complexity index is 1590. The normalized spacial score (nSPS) is 33.0. The summed E-state index contributed by atoms with van der Waals surface area (Å²) in [5.41, 5.74) is -1.44. The molecule has 0 unspecified atom stereocenters. The predicted molar refractivity (Wildman–Crippen MR) is 128 cm³/mol. The van der Waals surface area contributed by atoms with E-state index in [1.54, 1.807) is 6.08 Å². The number of halogens is 7. The highest BCUT2D eigenvalue weighted by Crippen LogP contribution is 2.65. The number of phenolic OH excluding ortho intramolecular Hbond substituents is 1. The number of allylic oxidation sites excluding steroid dienone is 2. The second-order valence-corrected chi connectivity index (χ2v) is 11.4. The van der Waals surface area contributed by atoms with E-state index in [-0.39, 0.29) is 22.6 Å². The molecule has 6 rings (SSSR count). The lowest BCUT2D eigenvalue weighted by molar-refractivity contribution is -0.127. The highest BCUT2D eigenvalue weighted by molar-refractivity contribution is 6.58. The smallest absolute Gasteiger partial charge is 0.258 e. The van der Waals surface area contributed by atoms with E-state index < -0.39 is 98.2 Å². The van der Waals surface area contributed by atoms with E-state index in [9.17, 15) is 46.2 Å². The summed E-state index contributed by atoms with van der Waals surface area (Å²) in [4.78, 5) is 47.6. The summed E-state index contributed by atoms with van der Waals surface area (Å²) in [5, 5.41) is 12.4. The topological polar surface area (TPSA) is 104 Å². The summed E-state index contributed by atoms with van der Waals surface area (Å²) in [7, 11) is 0. The van der Waals surface area contributed by atoms with Crippen molar-refractivity contribution in [2.75, 3.05) is 4.90 Å². The van der Waals surface area contributed by atoms with Gasteiger partial charge < -0.3 is 5.11 Å². The van der Waals surface area contributed by atoms with Crippen LogP contribution in [-0.4, -0.2) is 38.5 Å². The van der Waals surface area contributed by atoms with Crippen LogP contribution in [0.3, 0.4) is 0 Å². The highest BCUT2D eigenvalue weighted by atomic mass is 35.5. The molecular weight excluding hydrogens is 586 g/mol. The Hall–Kier alpha value is -3.51. The minimum atomic E-state index is -2.62. The summed E-state index contributed by atoms with van der Waals surface area (Å²) < 4.78 is 71.8. The third-order valence-electron chi connectivity index (χ3n) is 8.27. The molecule has 0 spiro atoms. The maximum absolute atomic E-state index is 14.9. The number of aromatic hydroxyl groups is 1. The van der Waals surface area contributed by atoms with E-state index in [0.29, 0.717) is 5.57 Å². The van der Waals surface area contributed by atoms with Gasteiger partial charge in [-0.2, -0.15) is 0 Å². The van der Waals surface area contributed by atoms with Crippen LogP contribution in [0.5, 0.6) is 5.75 Å². The molecule has 2 aliphatic heterocycles. The zero-order chi connectivity index (χ0) is 29.0. The minimum absolute atomic E-state index is 0.0368. The van der Waals surface area contributed by atoms with Crippen molar-refractivity contribution in [2.45, 2.75) is 28.5 Å². The second-order valence-electron chi connectivity index (χ2n) is 10.1. The predicted octanol–water partition coefficient (Wildman–Crippen LogP) is 3.94. The molecule has 6 atom stereocenters. The van der Waals surface area contributed by atoms with Crippen molar-refractivity contribution in [1.82, 2.24) is 5.32 Å². The van der Waals surface area contributed by atoms with Gasteiger partial charge in [0, 0.05) is 5.92 Å². The number of hydrogen-bond donors (Lipinski definition) is 2. The number of phenols is 1. The van der Waals surface area contributed by atoms with Crippen LogP contribution in [0.2, 0.25) is 0 Å². The lowest BCUT2D eigenvalue weighted by Crippen LogP contribution is -2.60. The van der Waals surface area contributed by atoms with Crippen LogP contribution in [0, 0.1) is 46.8 Å². The second kappa shape index (κ2) is 8.50. The zero-order valence-corrected chi connectivity index (χ0v) is 21.3. The third-order valence-corrected chi connectivity index (χ3v) is 9.68. The molecule has 3 fully saturated rings. The van der Waals surface area contributed by atoms with Crippen LogP contribution in [-0.2, 0) is 19.2 Å². The van der Waals surface area contributed by atoms with Gasteiger partial charge in [0.25, 0.3) is 11.8 Å². The SMILES string of the molecule is O=C1NC(=O)[C@H]2CC=C3[C@@H](C[C@@]4(Cl)C(=O)N(c5c(F)c(F)c(F)c(F)c5F)C(=O)[C@@]4(Cl)[C@H]3c3cccc(O)c3)[C@@H]12. The van der Waals surface area contributed by atoms with Gasteiger partial charge in [-0.3, -0.25) is 24.5 Å². The molecule has 7 nitrogen and oxygen atoms in total. The number of anilines is 1. The van der Waals surface area contributed by atoms with Gasteiger partial charge in [0.2, 0.25) is 17.6 Å². The Morgan fingerprint density at radius 3 is 2.12 bits per heavy atom. The molecule has 2 heterocycles. The van der Waals surface area contributed by atoms with Crippen LogP contribution in [0.15, 0.2) is 35.9 Å². The van der Waals surface area contributed by atoms with Gasteiger partial charge in [-0.15, -0.1) is 23.2 Å². The summed E-state index contributed by atoms with van der Waals surface area (Å²) in [5.74, 6) is -21.2. The van der Waals surface area contributed by atoms with Crippen LogP contribution < -0.4 is 10.2 Å². The van der Waals surface area contributed by atoms with E-state index in [4.69, 9.17) is 23.2 Å². The van der Waals surface area contributed by atoms with Gasteiger partial charge >= 0.3 is 0 Å². The summed E-state index contributed by atoms with van der Waals surface area (Å²) in [6, 6.07) is 5.28. The van der Waals surface area contributed by atoms with Gasteiger partial charge in [-0.1, -0.05) is 23.8 Å². The maximum Gasteiger partial charge on any atom is 0.258 e. The number of benzene rings is 2.